The van der Waals surface area contributed by atoms with Gasteiger partial charge in [-0.05, 0) is 20.8 Å². The number of likely N-dealkylation sites (N-methyl/N-ethyl adjacent to an activating group) is 1. The highest BCUT2D eigenvalue weighted by atomic mass is 16.5. The van der Waals surface area contributed by atoms with Crippen LogP contribution < -0.4 is 5.32 Å². The number of methoxy groups -OCH3 is 1. The summed E-state index contributed by atoms with van der Waals surface area (Å²) in [7, 11) is 1.74. The third-order valence-electron chi connectivity index (χ3n) is 3.18. The molecule has 1 N–H and O–H groups in total. The Morgan fingerprint density at radius 3 is 2.08 bits per heavy atom. The van der Waals surface area contributed by atoms with Crippen molar-refractivity contribution in [2.24, 2.45) is 0 Å². The number of rotatable bonds is 6. The molecule has 1 rings (SSSR count). The Hall–Kier alpha value is -0.910. The number of ether oxygens (including phenoxy) is 1. The van der Waals surface area contributed by atoms with Crippen LogP contribution in [-0.4, -0.2) is 74.7 Å². The summed E-state index contributed by atoms with van der Waals surface area (Å²) in [6.45, 7) is 19.6. The molecule has 5 heteroatoms. The van der Waals surface area contributed by atoms with Crippen LogP contribution >= 0.6 is 0 Å². The van der Waals surface area contributed by atoms with Gasteiger partial charge in [0, 0.05) is 45.9 Å². The Labute approximate surface area is 151 Å². The van der Waals surface area contributed by atoms with Crippen molar-refractivity contribution in [1.29, 1.82) is 0 Å². The third kappa shape index (κ3) is 16.0. The zero-order valence-corrected chi connectivity index (χ0v) is 16.2. The van der Waals surface area contributed by atoms with Crippen LogP contribution in [0.15, 0.2) is 12.7 Å². The Morgan fingerprint density at radius 1 is 1.25 bits per heavy atom. The number of nitrogens with one attached hydrogen (secondary N) is 1. The molecular formula is C19H43N3O2. The lowest BCUT2D eigenvalue weighted by molar-refractivity contribution is -0.122. The average Bonchev–Trinajstić information content (AvgIpc) is 2.50. The van der Waals surface area contributed by atoms with Crippen molar-refractivity contribution >= 4 is 5.91 Å². The molecule has 1 heterocycles. The maximum absolute atomic E-state index is 11.4. The summed E-state index contributed by atoms with van der Waals surface area (Å²) < 4.78 is 5.16. The predicted octanol–water partition coefficient (Wildman–Crippen LogP) is 3.02. The maximum atomic E-state index is 11.4. The minimum Gasteiger partial charge on any atom is -0.383 e. The van der Waals surface area contributed by atoms with E-state index in [4.69, 9.17) is 4.74 Å². The van der Waals surface area contributed by atoms with Crippen molar-refractivity contribution < 1.29 is 9.53 Å². The summed E-state index contributed by atoms with van der Waals surface area (Å²) in [5.41, 5.74) is 0. The van der Waals surface area contributed by atoms with Crippen molar-refractivity contribution in [3.8, 4) is 0 Å². The first kappa shape index (κ1) is 27.9. The molecule has 1 saturated heterocycles. The summed E-state index contributed by atoms with van der Waals surface area (Å²) in [5.74, 6) is 0.130. The minimum absolute atomic E-state index is 0. The van der Waals surface area contributed by atoms with Crippen LogP contribution in [0.4, 0.5) is 0 Å². The van der Waals surface area contributed by atoms with Crippen molar-refractivity contribution in [1.82, 2.24) is 15.1 Å². The van der Waals surface area contributed by atoms with E-state index < -0.39 is 0 Å². The monoisotopic (exact) mass is 345 g/mol. The van der Waals surface area contributed by atoms with Gasteiger partial charge in [-0.15, -0.1) is 6.58 Å². The number of piperazine rings is 1. The lowest BCUT2D eigenvalue weighted by Crippen LogP contribution is -2.52. The number of allylic oxidation sites excluding steroid dienone is 1. The lowest BCUT2D eigenvalue weighted by Gasteiger charge is -2.37. The van der Waals surface area contributed by atoms with Crippen LogP contribution in [0.1, 0.15) is 48.5 Å². The van der Waals surface area contributed by atoms with Gasteiger partial charge in [-0.25, -0.2) is 0 Å². The van der Waals surface area contributed by atoms with Crippen LogP contribution in [-0.2, 0) is 9.53 Å². The first-order chi connectivity index (χ1) is 11.0. The van der Waals surface area contributed by atoms with Gasteiger partial charge in [0.15, 0.2) is 0 Å². The molecule has 0 aromatic rings. The molecule has 1 aliphatic rings. The second-order valence-electron chi connectivity index (χ2n) is 5.69. The predicted molar refractivity (Wildman–Crippen MR) is 107 cm³/mol. The van der Waals surface area contributed by atoms with Crippen LogP contribution in [0, 0.1) is 0 Å². The smallest absolute Gasteiger partial charge is 0.234 e. The Morgan fingerprint density at radius 2 is 1.71 bits per heavy atom. The van der Waals surface area contributed by atoms with Gasteiger partial charge < -0.3 is 10.1 Å². The van der Waals surface area contributed by atoms with Gasteiger partial charge in [0.2, 0.25) is 5.91 Å². The molecule has 1 unspecified atom stereocenters. The number of carbonyl (C=O) groups is 1. The molecule has 0 radical (unpaired) electrons. The summed E-state index contributed by atoms with van der Waals surface area (Å²) in [5, 5.41) is 2.83. The quantitative estimate of drug-likeness (QED) is 0.752. The number of carbonyl (C=O) groups excluding carboxylic acids is 1. The second kappa shape index (κ2) is 20.1. The van der Waals surface area contributed by atoms with Crippen LogP contribution in [0.25, 0.3) is 0 Å². The first-order valence-corrected chi connectivity index (χ1v) is 8.79. The van der Waals surface area contributed by atoms with E-state index in [2.05, 4.69) is 42.5 Å². The zero-order valence-electron chi connectivity index (χ0n) is 16.2. The van der Waals surface area contributed by atoms with Crippen LogP contribution in [0.5, 0.6) is 0 Å². The molecule has 1 amide bonds. The topological polar surface area (TPSA) is 44.8 Å². The molecule has 5 nitrogen and oxygen atoms in total. The van der Waals surface area contributed by atoms with E-state index in [1.807, 2.05) is 13.8 Å². The highest BCUT2D eigenvalue weighted by Gasteiger charge is 2.21. The molecule has 24 heavy (non-hydrogen) atoms. The fraction of sp³-hybridized carbons (Fsp3) is 0.842. The molecule has 1 fully saturated rings. The number of amides is 1. The summed E-state index contributed by atoms with van der Waals surface area (Å²) in [6.07, 6.45) is 3.00. The fourth-order valence-electron chi connectivity index (χ4n) is 2.17. The number of nitrogens with zero attached hydrogens (tertiary/aromatic N) is 2. The minimum atomic E-state index is 0. The lowest BCUT2D eigenvalue weighted by atomic mass is 10.2. The van der Waals surface area contributed by atoms with Crippen molar-refractivity contribution in [2.45, 2.75) is 54.5 Å². The molecule has 0 saturated carbocycles. The standard InChI is InChI=1S/C12H25N3O2.C3H8.C3H6.CH4/c1-4-13-12(16)9-14-5-7-15(8-6-14)11(2)10-17-3;2*1-3-2;/h11H,4-10H2,1-3H3,(H,13,16);3H2,1-2H3;3H,1H2,2H3;1H4. The van der Waals surface area contributed by atoms with Gasteiger partial charge in [-0.2, -0.15) is 0 Å². The largest absolute Gasteiger partial charge is 0.383 e. The summed E-state index contributed by atoms with van der Waals surface area (Å²) in [4.78, 5) is 16.1. The van der Waals surface area contributed by atoms with Crippen molar-refractivity contribution in [2.75, 3.05) is 53.0 Å². The van der Waals surface area contributed by atoms with E-state index >= 15 is 0 Å². The van der Waals surface area contributed by atoms with Gasteiger partial charge in [-0.3, -0.25) is 14.6 Å². The van der Waals surface area contributed by atoms with Gasteiger partial charge in [-0.1, -0.05) is 33.8 Å². The van der Waals surface area contributed by atoms with E-state index in [1.54, 1.807) is 13.2 Å². The van der Waals surface area contributed by atoms with Crippen LogP contribution in [0.3, 0.4) is 0 Å². The van der Waals surface area contributed by atoms with Gasteiger partial charge >= 0.3 is 0 Å². The molecule has 146 valence electrons. The first-order valence-electron chi connectivity index (χ1n) is 8.79. The molecule has 1 aliphatic heterocycles. The Bertz CT molecular complexity index is 278. The zero-order chi connectivity index (χ0) is 18.1. The molecule has 0 spiro atoms. The molecule has 1 atom stereocenters. The molecular weight excluding hydrogens is 302 g/mol. The molecule has 0 aromatic heterocycles. The van der Waals surface area contributed by atoms with E-state index in [0.717, 1.165) is 32.8 Å². The highest BCUT2D eigenvalue weighted by Crippen LogP contribution is 2.06. The van der Waals surface area contributed by atoms with Gasteiger partial charge in [0.05, 0.1) is 13.2 Å². The summed E-state index contributed by atoms with van der Waals surface area (Å²) in [6, 6.07) is 0.464. The van der Waals surface area contributed by atoms with E-state index in [-0.39, 0.29) is 13.3 Å². The SMILES string of the molecule is C.C=CC.CCC.CCNC(=O)CN1CCN(C(C)COC)CC1. The van der Waals surface area contributed by atoms with Gasteiger partial charge in [0.1, 0.15) is 0 Å². The Balaban J connectivity index is -0.000000550. The van der Waals surface area contributed by atoms with Crippen molar-refractivity contribution in [3.63, 3.8) is 0 Å². The normalized spacial score (nSPS) is 15.6. The highest BCUT2D eigenvalue weighted by molar-refractivity contribution is 5.77. The van der Waals surface area contributed by atoms with Crippen molar-refractivity contribution in [3.05, 3.63) is 12.7 Å². The van der Waals surface area contributed by atoms with Gasteiger partial charge in [0.25, 0.3) is 0 Å². The third-order valence-corrected chi connectivity index (χ3v) is 3.18. The molecule has 0 aliphatic carbocycles. The summed E-state index contributed by atoms with van der Waals surface area (Å²) >= 11 is 0. The Kier molecular flexibility index (Phi) is 23.4. The fourth-order valence-corrected chi connectivity index (χ4v) is 2.17. The van der Waals surface area contributed by atoms with E-state index in [1.165, 1.54) is 6.42 Å². The number of hydrogen-bond acceptors (Lipinski definition) is 4. The molecule has 0 bridgehead atoms. The number of hydrogen-bond donors (Lipinski definition) is 1. The maximum Gasteiger partial charge on any atom is 0.234 e. The van der Waals surface area contributed by atoms with E-state index in [9.17, 15) is 4.79 Å². The average molecular weight is 346 g/mol. The van der Waals surface area contributed by atoms with E-state index in [0.29, 0.717) is 19.1 Å². The molecule has 0 aromatic carbocycles. The van der Waals surface area contributed by atoms with Crippen LogP contribution in [0.2, 0.25) is 0 Å². The second-order valence-corrected chi connectivity index (χ2v) is 5.69.